The number of benzene rings is 1. The third kappa shape index (κ3) is 1.88. The molecule has 1 aromatic carbocycles. The van der Waals surface area contributed by atoms with E-state index in [0.717, 1.165) is 10.8 Å². The zero-order chi connectivity index (χ0) is 11.7. The Bertz CT molecular complexity index is 543. The van der Waals surface area contributed by atoms with Gasteiger partial charge < -0.3 is 9.47 Å². The van der Waals surface area contributed by atoms with E-state index in [0.29, 0.717) is 21.8 Å². The maximum absolute atomic E-state index is 6.03. The van der Waals surface area contributed by atoms with Crippen molar-refractivity contribution in [1.29, 1.82) is 0 Å². The van der Waals surface area contributed by atoms with E-state index in [9.17, 15) is 0 Å². The quantitative estimate of drug-likeness (QED) is 0.772. The summed E-state index contributed by atoms with van der Waals surface area (Å²) in [6, 6.07) is 5.30. The van der Waals surface area contributed by atoms with Gasteiger partial charge in [0.25, 0.3) is 0 Å². The van der Waals surface area contributed by atoms with Crippen molar-refractivity contribution < 1.29 is 9.47 Å². The molecule has 0 saturated carbocycles. The molecule has 0 spiro atoms. The van der Waals surface area contributed by atoms with E-state index in [1.54, 1.807) is 26.4 Å². The Hall–Kier alpha value is -1.19. The number of methoxy groups -OCH3 is 2. The maximum atomic E-state index is 6.03. The summed E-state index contributed by atoms with van der Waals surface area (Å²) in [5.74, 6) is 1.30. The van der Waals surface area contributed by atoms with E-state index in [1.807, 2.05) is 6.07 Å². The van der Waals surface area contributed by atoms with Crippen molar-refractivity contribution in [2.24, 2.45) is 0 Å². The van der Waals surface area contributed by atoms with Gasteiger partial charge in [0, 0.05) is 6.07 Å². The maximum Gasteiger partial charge on any atom is 0.142 e. The lowest BCUT2D eigenvalue weighted by Gasteiger charge is -2.09. The second kappa shape index (κ2) is 4.36. The monoisotopic (exact) mass is 257 g/mol. The second-order valence-electron chi connectivity index (χ2n) is 3.16. The molecule has 1 heterocycles. The zero-order valence-electron chi connectivity index (χ0n) is 8.75. The molecule has 0 amide bonds. The highest BCUT2D eigenvalue weighted by atomic mass is 35.5. The lowest BCUT2D eigenvalue weighted by Crippen LogP contribution is -1.91. The summed E-state index contributed by atoms with van der Waals surface area (Å²) in [4.78, 5) is 3.98. The van der Waals surface area contributed by atoms with Gasteiger partial charge in [-0.2, -0.15) is 0 Å². The van der Waals surface area contributed by atoms with Crippen LogP contribution in [0.25, 0.3) is 10.8 Å². The molecule has 0 fully saturated rings. The van der Waals surface area contributed by atoms with Gasteiger partial charge in [-0.3, -0.25) is 0 Å². The van der Waals surface area contributed by atoms with Crippen molar-refractivity contribution >= 4 is 34.0 Å². The zero-order valence-corrected chi connectivity index (χ0v) is 10.3. The molecule has 0 bridgehead atoms. The van der Waals surface area contributed by atoms with Crippen LogP contribution in [0.3, 0.4) is 0 Å². The number of nitrogens with zero attached hydrogens (tertiary/aromatic N) is 1. The van der Waals surface area contributed by atoms with Gasteiger partial charge >= 0.3 is 0 Å². The fourth-order valence-corrected chi connectivity index (χ4v) is 2.07. The predicted octanol–water partition coefficient (Wildman–Crippen LogP) is 3.56. The fourth-order valence-electron chi connectivity index (χ4n) is 1.53. The van der Waals surface area contributed by atoms with Gasteiger partial charge in [-0.05, 0) is 17.5 Å². The molecule has 2 aromatic rings. The molecule has 2 rings (SSSR count). The van der Waals surface area contributed by atoms with Gasteiger partial charge in [0.1, 0.15) is 21.8 Å². The first kappa shape index (κ1) is 11.3. The van der Waals surface area contributed by atoms with Crippen LogP contribution in [0.4, 0.5) is 0 Å². The van der Waals surface area contributed by atoms with Crippen molar-refractivity contribution in [1.82, 2.24) is 4.98 Å². The summed E-state index contributed by atoms with van der Waals surface area (Å²) in [6.45, 7) is 0. The van der Waals surface area contributed by atoms with Crippen LogP contribution in [-0.2, 0) is 0 Å². The summed E-state index contributed by atoms with van der Waals surface area (Å²) in [5, 5.41) is 2.23. The molecule has 0 unspecified atom stereocenters. The minimum Gasteiger partial charge on any atom is -0.497 e. The van der Waals surface area contributed by atoms with Crippen molar-refractivity contribution in [3.05, 3.63) is 28.5 Å². The van der Waals surface area contributed by atoms with E-state index in [-0.39, 0.29) is 0 Å². The Morgan fingerprint density at radius 3 is 2.44 bits per heavy atom. The Labute approximate surface area is 103 Å². The van der Waals surface area contributed by atoms with Crippen LogP contribution >= 0.6 is 23.2 Å². The molecule has 0 aliphatic rings. The molecule has 84 valence electrons. The minimum atomic E-state index is 0.321. The van der Waals surface area contributed by atoms with Crippen LogP contribution in [0.2, 0.25) is 10.3 Å². The first-order valence-corrected chi connectivity index (χ1v) is 5.29. The predicted molar refractivity (Wildman–Crippen MR) is 64.9 cm³/mol. The standard InChI is InChI=1S/C11H9Cl2NO2/c1-15-7-3-6-4-9(12)14-11(13)10(6)8(5-7)16-2/h3-5H,1-2H3. The highest BCUT2D eigenvalue weighted by Gasteiger charge is 2.11. The fraction of sp³-hybridized carbons (Fsp3) is 0.182. The number of fused-ring (bicyclic) bond motifs is 1. The van der Waals surface area contributed by atoms with E-state index in [1.165, 1.54) is 0 Å². The molecular weight excluding hydrogens is 249 g/mol. The van der Waals surface area contributed by atoms with E-state index < -0.39 is 0 Å². The van der Waals surface area contributed by atoms with Gasteiger partial charge in [0.15, 0.2) is 0 Å². The van der Waals surface area contributed by atoms with Crippen LogP contribution in [0.1, 0.15) is 0 Å². The van der Waals surface area contributed by atoms with E-state index >= 15 is 0 Å². The Morgan fingerprint density at radius 2 is 1.81 bits per heavy atom. The summed E-state index contributed by atoms with van der Waals surface area (Å²) in [5.41, 5.74) is 0. The number of ether oxygens (including phenoxy) is 2. The van der Waals surface area contributed by atoms with Crippen LogP contribution in [-0.4, -0.2) is 19.2 Å². The van der Waals surface area contributed by atoms with Gasteiger partial charge in [-0.1, -0.05) is 23.2 Å². The van der Waals surface area contributed by atoms with Crippen molar-refractivity contribution in [2.75, 3.05) is 14.2 Å². The van der Waals surface area contributed by atoms with Crippen molar-refractivity contribution in [2.45, 2.75) is 0 Å². The topological polar surface area (TPSA) is 31.4 Å². The largest absolute Gasteiger partial charge is 0.497 e. The van der Waals surface area contributed by atoms with Gasteiger partial charge in [-0.25, -0.2) is 4.98 Å². The number of aromatic nitrogens is 1. The molecule has 3 nitrogen and oxygen atoms in total. The normalized spacial score (nSPS) is 10.5. The Morgan fingerprint density at radius 1 is 1.06 bits per heavy atom. The molecule has 5 heteroatoms. The summed E-state index contributed by atoms with van der Waals surface area (Å²) in [6.07, 6.45) is 0. The van der Waals surface area contributed by atoms with Crippen LogP contribution < -0.4 is 9.47 Å². The van der Waals surface area contributed by atoms with Crippen LogP contribution in [0, 0.1) is 0 Å². The third-order valence-electron chi connectivity index (χ3n) is 2.25. The third-order valence-corrected chi connectivity index (χ3v) is 2.71. The van der Waals surface area contributed by atoms with Gasteiger partial charge in [0.2, 0.25) is 0 Å². The highest BCUT2D eigenvalue weighted by Crippen LogP contribution is 2.36. The SMILES string of the molecule is COc1cc(OC)c2c(Cl)nc(Cl)cc2c1. The molecule has 0 saturated heterocycles. The van der Waals surface area contributed by atoms with E-state index in [4.69, 9.17) is 32.7 Å². The lowest BCUT2D eigenvalue weighted by molar-refractivity contribution is 0.398. The molecule has 0 N–H and O–H groups in total. The molecule has 0 aliphatic heterocycles. The van der Waals surface area contributed by atoms with E-state index in [2.05, 4.69) is 4.98 Å². The van der Waals surface area contributed by atoms with Crippen molar-refractivity contribution in [3.63, 3.8) is 0 Å². The Kier molecular flexibility index (Phi) is 3.08. The number of hydrogen-bond acceptors (Lipinski definition) is 3. The van der Waals surface area contributed by atoms with Gasteiger partial charge in [-0.15, -0.1) is 0 Å². The molecule has 0 atom stereocenters. The first-order valence-electron chi connectivity index (χ1n) is 4.53. The molecule has 16 heavy (non-hydrogen) atoms. The average Bonchev–Trinajstić information content (AvgIpc) is 2.26. The highest BCUT2D eigenvalue weighted by molar-refractivity contribution is 6.37. The smallest absolute Gasteiger partial charge is 0.142 e. The number of halogens is 2. The first-order chi connectivity index (χ1) is 7.65. The van der Waals surface area contributed by atoms with Crippen LogP contribution in [0.5, 0.6) is 11.5 Å². The summed E-state index contributed by atoms with van der Waals surface area (Å²) in [7, 11) is 3.16. The molecule has 0 radical (unpaired) electrons. The lowest BCUT2D eigenvalue weighted by atomic mass is 10.1. The average molecular weight is 258 g/mol. The molecule has 0 aliphatic carbocycles. The number of pyridine rings is 1. The number of hydrogen-bond donors (Lipinski definition) is 0. The van der Waals surface area contributed by atoms with Gasteiger partial charge in [0.05, 0.1) is 19.6 Å². The second-order valence-corrected chi connectivity index (χ2v) is 3.91. The van der Waals surface area contributed by atoms with Crippen molar-refractivity contribution in [3.8, 4) is 11.5 Å². The van der Waals surface area contributed by atoms with Crippen LogP contribution in [0.15, 0.2) is 18.2 Å². The molecular formula is C11H9Cl2NO2. The number of rotatable bonds is 2. The summed E-state index contributed by atoms with van der Waals surface area (Å²) < 4.78 is 10.4. The Balaban J connectivity index is 2.83. The minimum absolute atomic E-state index is 0.321. The molecule has 1 aromatic heterocycles. The summed E-state index contributed by atoms with van der Waals surface area (Å²) >= 11 is 11.9.